The van der Waals surface area contributed by atoms with E-state index in [0.29, 0.717) is 32.4 Å². The van der Waals surface area contributed by atoms with Gasteiger partial charge in [0.25, 0.3) is 0 Å². The maximum Gasteiger partial charge on any atom is 0.237 e. The van der Waals surface area contributed by atoms with Gasteiger partial charge in [0.1, 0.15) is 0 Å². The summed E-state index contributed by atoms with van der Waals surface area (Å²) in [6.07, 6.45) is 8.29. The SMILES string of the molecule is COCCOCCCNC(=O)C1CCC2CCCCC2N1. The molecule has 1 saturated heterocycles. The summed E-state index contributed by atoms with van der Waals surface area (Å²) in [4.78, 5) is 12.2. The Labute approximate surface area is 128 Å². The predicted octanol–water partition coefficient (Wildman–Crippen LogP) is 1.47. The lowest BCUT2D eigenvalue weighted by atomic mass is 9.77. The van der Waals surface area contributed by atoms with Crippen LogP contribution in [0.25, 0.3) is 0 Å². The molecule has 1 aliphatic heterocycles. The summed E-state index contributed by atoms with van der Waals surface area (Å²) in [6, 6.07) is 0.583. The minimum atomic E-state index is 0.0127. The lowest BCUT2D eigenvalue weighted by molar-refractivity contribution is -0.124. The van der Waals surface area contributed by atoms with Gasteiger partial charge < -0.3 is 20.1 Å². The zero-order valence-electron chi connectivity index (χ0n) is 13.2. The largest absolute Gasteiger partial charge is 0.382 e. The second-order valence-electron chi connectivity index (χ2n) is 6.20. The smallest absolute Gasteiger partial charge is 0.237 e. The van der Waals surface area contributed by atoms with Crippen molar-refractivity contribution in [2.24, 2.45) is 5.92 Å². The third kappa shape index (κ3) is 5.57. The molecule has 0 spiro atoms. The van der Waals surface area contributed by atoms with Gasteiger partial charge in [-0.1, -0.05) is 12.8 Å². The van der Waals surface area contributed by atoms with Gasteiger partial charge in [-0.3, -0.25) is 4.79 Å². The fourth-order valence-corrected chi connectivity index (χ4v) is 3.46. The minimum absolute atomic E-state index is 0.0127. The average molecular weight is 298 g/mol. The molecule has 1 amide bonds. The Bertz CT molecular complexity index is 312. The molecule has 0 bridgehead atoms. The van der Waals surface area contributed by atoms with Crippen LogP contribution in [0.15, 0.2) is 0 Å². The maximum atomic E-state index is 12.2. The normalized spacial score (nSPS) is 28.9. The summed E-state index contributed by atoms with van der Waals surface area (Å²) in [5.74, 6) is 0.966. The van der Waals surface area contributed by atoms with E-state index in [-0.39, 0.29) is 11.9 Å². The van der Waals surface area contributed by atoms with E-state index >= 15 is 0 Å². The highest BCUT2D eigenvalue weighted by molar-refractivity contribution is 5.81. The van der Waals surface area contributed by atoms with Crippen molar-refractivity contribution >= 4 is 5.91 Å². The van der Waals surface area contributed by atoms with Crippen LogP contribution in [0.5, 0.6) is 0 Å². The van der Waals surface area contributed by atoms with E-state index in [1.54, 1.807) is 7.11 Å². The fraction of sp³-hybridized carbons (Fsp3) is 0.938. The van der Waals surface area contributed by atoms with Crippen LogP contribution in [0, 0.1) is 5.92 Å². The van der Waals surface area contributed by atoms with Crippen LogP contribution in [-0.2, 0) is 14.3 Å². The summed E-state index contributed by atoms with van der Waals surface area (Å²) in [6.45, 7) is 2.61. The predicted molar refractivity (Wildman–Crippen MR) is 82.2 cm³/mol. The van der Waals surface area contributed by atoms with Gasteiger partial charge in [0.15, 0.2) is 0 Å². The molecule has 0 radical (unpaired) electrons. The molecule has 1 heterocycles. The molecule has 1 saturated carbocycles. The van der Waals surface area contributed by atoms with Crippen molar-refractivity contribution in [3.63, 3.8) is 0 Å². The number of hydrogen-bond acceptors (Lipinski definition) is 4. The highest BCUT2D eigenvalue weighted by Crippen LogP contribution is 2.32. The molecule has 3 atom stereocenters. The molecule has 122 valence electrons. The van der Waals surface area contributed by atoms with Gasteiger partial charge in [0.2, 0.25) is 5.91 Å². The highest BCUT2D eigenvalue weighted by Gasteiger charge is 2.34. The highest BCUT2D eigenvalue weighted by atomic mass is 16.5. The number of nitrogens with one attached hydrogen (secondary N) is 2. The molecule has 5 nitrogen and oxygen atoms in total. The van der Waals surface area contributed by atoms with Crippen LogP contribution < -0.4 is 10.6 Å². The molecule has 2 fully saturated rings. The number of piperidine rings is 1. The van der Waals surface area contributed by atoms with E-state index in [9.17, 15) is 4.79 Å². The van der Waals surface area contributed by atoms with Gasteiger partial charge in [0, 0.05) is 26.3 Å². The first-order chi connectivity index (χ1) is 10.3. The zero-order valence-corrected chi connectivity index (χ0v) is 13.2. The summed E-state index contributed by atoms with van der Waals surface area (Å²) in [7, 11) is 1.66. The van der Waals surface area contributed by atoms with Gasteiger partial charge in [0.05, 0.1) is 19.3 Å². The van der Waals surface area contributed by atoms with E-state index in [1.165, 1.54) is 32.1 Å². The first kappa shape index (κ1) is 16.7. The Morgan fingerprint density at radius 3 is 2.86 bits per heavy atom. The molecule has 0 aromatic heterocycles. The van der Waals surface area contributed by atoms with Crippen molar-refractivity contribution in [1.29, 1.82) is 0 Å². The molecule has 3 unspecified atom stereocenters. The van der Waals surface area contributed by atoms with Gasteiger partial charge in [-0.15, -0.1) is 0 Å². The number of amides is 1. The Morgan fingerprint density at radius 1 is 1.14 bits per heavy atom. The van der Waals surface area contributed by atoms with E-state index < -0.39 is 0 Å². The van der Waals surface area contributed by atoms with Crippen molar-refractivity contribution in [3.8, 4) is 0 Å². The van der Waals surface area contributed by atoms with Crippen molar-refractivity contribution in [2.75, 3.05) is 33.5 Å². The molecule has 21 heavy (non-hydrogen) atoms. The first-order valence-corrected chi connectivity index (χ1v) is 8.41. The Hall–Kier alpha value is -0.650. The zero-order chi connectivity index (χ0) is 14.9. The van der Waals surface area contributed by atoms with E-state index in [1.807, 2.05) is 0 Å². The first-order valence-electron chi connectivity index (χ1n) is 8.41. The summed E-state index contributed by atoms with van der Waals surface area (Å²) in [5, 5.41) is 6.59. The van der Waals surface area contributed by atoms with Crippen LogP contribution in [0.3, 0.4) is 0 Å². The monoisotopic (exact) mass is 298 g/mol. The second kappa shape index (κ2) is 9.38. The number of rotatable bonds is 8. The van der Waals surface area contributed by atoms with E-state index in [0.717, 1.165) is 18.8 Å². The number of hydrogen-bond donors (Lipinski definition) is 2. The molecule has 2 rings (SSSR count). The van der Waals surface area contributed by atoms with Crippen molar-refractivity contribution in [3.05, 3.63) is 0 Å². The summed E-state index contributed by atoms with van der Waals surface area (Å²) in [5.41, 5.74) is 0. The number of ether oxygens (including phenoxy) is 2. The summed E-state index contributed by atoms with van der Waals surface area (Å²) < 4.78 is 10.3. The molecule has 2 aliphatic rings. The molecule has 0 aromatic rings. The van der Waals surface area contributed by atoms with Crippen molar-refractivity contribution < 1.29 is 14.3 Å². The molecule has 5 heteroatoms. The number of methoxy groups -OCH3 is 1. The molecule has 2 N–H and O–H groups in total. The van der Waals surface area contributed by atoms with Crippen LogP contribution in [-0.4, -0.2) is 51.5 Å². The Balaban J connectivity index is 1.56. The van der Waals surface area contributed by atoms with Crippen LogP contribution in [0.2, 0.25) is 0 Å². The molecular weight excluding hydrogens is 268 g/mol. The average Bonchev–Trinajstić information content (AvgIpc) is 2.53. The fourth-order valence-electron chi connectivity index (χ4n) is 3.46. The second-order valence-corrected chi connectivity index (χ2v) is 6.20. The molecular formula is C16H30N2O3. The van der Waals surface area contributed by atoms with E-state index in [2.05, 4.69) is 10.6 Å². The van der Waals surface area contributed by atoms with E-state index in [4.69, 9.17) is 9.47 Å². The van der Waals surface area contributed by atoms with Gasteiger partial charge in [-0.25, -0.2) is 0 Å². The van der Waals surface area contributed by atoms with Crippen LogP contribution in [0.1, 0.15) is 44.9 Å². The lowest BCUT2D eigenvalue weighted by Crippen LogP contribution is -2.55. The number of carbonyl (C=O) groups is 1. The number of fused-ring (bicyclic) bond motifs is 1. The van der Waals surface area contributed by atoms with Crippen molar-refractivity contribution in [1.82, 2.24) is 10.6 Å². The van der Waals surface area contributed by atoms with Gasteiger partial charge in [-0.2, -0.15) is 0 Å². The standard InChI is InChI=1S/C16H30N2O3/c1-20-11-12-21-10-4-9-17-16(19)15-8-7-13-5-2-3-6-14(13)18-15/h13-15,18H,2-12H2,1H3,(H,17,19). The van der Waals surface area contributed by atoms with Gasteiger partial charge >= 0.3 is 0 Å². The lowest BCUT2D eigenvalue weighted by Gasteiger charge is -2.39. The third-order valence-electron chi connectivity index (χ3n) is 4.66. The minimum Gasteiger partial charge on any atom is -0.382 e. The van der Waals surface area contributed by atoms with Crippen LogP contribution in [0.4, 0.5) is 0 Å². The molecule has 0 aromatic carbocycles. The topological polar surface area (TPSA) is 59.6 Å². The Kier molecular flexibility index (Phi) is 7.47. The van der Waals surface area contributed by atoms with Crippen molar-refractivity contribution in [2.45, 2.75) is 57.0 Å². The Morgan fingerprint density at radius 2 is 2.00 bits per heavy atom. The van der Waals surface area contributed by atoms with Gasteiger partial charge in [-0.05, 0) is 38.0 Å². The maximum absolute atomic E-state index is 12.2. The third-order valence-corrected chi connectivity index (χ3v) is 4.66. The molecule has 1 aliphatic carbocycles. The van der Waals surface area contributed by atoms with Crippen LogP contribution >= 0.6 is 0 Å². The number of carbonyl (C=O) groups excluding carboxylic acids is 1. The summed E-state index contributed by atoms with van der Waals surface area (Å²) >= 11 is 0. The quantitative estimate of drug-likeness (QED) is 0.666.